The molecule has 4 rings (SSSR count). The molecule has 4 unspecified atom stereocenters. The molecular weight excluding hydrogens is 562 g/mol. The molecule has 1 aliphatic carbocycles. The first kappa shape index (κ1) is 32.1. The minimum Gasteiger partial charge on any atom is -0.444 e. The molecule has 3 amide bonds. The molecular formula is C35H42ClN3O4. The van der Waals surface area contributed by atoms with Crippen molar-refractivity contribution in [3.63, 3.8) is 0 Å². The van der Waals surface area contributed by atoms with Gasteiger partial charge in [0.1, 0.15) is 17.7 Å². The van der Waals surface area contributed by atoms with Gasteiger partial charge in [-0.25, -0.2) is 4.79 Å². The van der Waals surface area contributed by atoms with Crippen LogP contribution in [0, 0.1) is 26.7 Å². The summed E-state index contributed by atoms with van der Waals surface area (Å²) >= 11 is 6.52. The van der Waals surface area contributed by atoms with Gasteiger partial charge in [-0.2, -0.15) is 0 Å². The second-order valence-electron chi connectivity index (χ2n) is 12.6. The molecule has 7 nitrogen and oxygen atoms in total. The van der Waals surface area contributed by atoms with Crippen molar-refractivity contribution in [2.24, 2.45) is 5.92 Å². The smallest absolute Gasteiger partial charge is 0.408 e. The number of benzene rings is 3. The summed E-state index contributed by atoms with van der Waals surface area (Å²) in [6.07, 6.45) is 0.294. The van der Waals surface area contributed by atoms with Gasteiger partial charge in [-0.1, -0.05) is 84.8 Å². The number of hydrogen-bond donors (Lipinski definition) is 2. The van der Waals surface area contributed by atoms with E-state index in [2.05, 4.69) is 17.6 Å². The Labute approximate surface area is 260 Å². The number of para-hydroxylation sites is 1. The summed E-state index contributed by atoms with van der Waals surface area (Å²) in [5, 5.41) is 6.29. The molecule has 0 radical (unpaired) electrons. The van der Waals surface area contributed by atoms with Gasteiger partial charge in [0.2, 0.25) is 5.91 Å². The van der Waals surface area contributed by atoms with E-state index in [0.29, 0.717) is 10.7 Å². The number of carbonyl (C=O) groups is 3. The number of nitrogens with one attached hydrogen (secondary N) is 2. The van der Waals surface area contributed by atoms with Crippen molar-refractivity contribution < 1.29 is 19.1 Å². The molecule has 0 saturated heterocycles. The minimum atomic E-state index is -0.965. The standard InChI is InChI=1S/C35H42ClN3O4/c1-21-16-17-22(2)26(18-21)31(32(40)38-30-23(3)12-11-15-27(30)36)39(29-19-24(29)4)33(41)28(20-25-13-9-8-10-14-25)37-34(42)43-35(5,6)7/h8-18,24,28-29,31H,19-20H2,1-7H3,(H,37,42)(H,38,40). The Balaban J connectivity index is 1.80. The summed E-state index contributed by atoms with van der Waals surface area (Å²) in [4.78, 5) is 43.8. The molecule has 2 N–H and O–H groups in total. The van der Waals surface area contributed by atoms with Crippen LogP contribution >= 0.6 is 11.6 Å². The van der Waals surface area contributed by atoms with E-state index >= 15 is 0 Å². The van der Waals surface area contributed by atoms with Crippen molar-refractivity contribution in [1.29, 1.82) is 0 Å². The highest BCUT2D eigenvalue weighted by Gasteiger charge is 2.48. The lowest BCUT2D eigenvalue weighted by Gasteiger charge is -2.36. The molecule has 3 aromatic carbocycles. The van der Waals surface area contributed by atoms with Crippen LogP contribution in [0.4, 0.5) is 10.5 Å². The van der Waals surface area contributed by atoms with Crippen LogP contribution in [0.2, 0.25) is 5.02 Å². The number of anilines is 1. The first-order valence-corrected chi connectivity index (χ1v) is 15.1. The summed E-state index contributed by atoms with van der Waals surface area (Å²) < 4.78 is 5.55. The van der Waals surface area contributed by atoms with Crippen LogP contribution in [0.15, 0.2) is 66.7 Å². The number of ether oxygens (including phenoxy) is 1. The summed E-state index contributed by atoms with van der Waals surface area (Å²) in [6, 6.07) is 18.7. The minimum absolute atomic E-state index is 0.185. The van der Waals surface area contributed by atoms with Crippen LogP contribution in [-0.4, -0.2) is 40.5 Å². The number of hydrogen-bond acceptors (Lipinski definition) is 4. The first-order valence-electron chi connectivity index (χ1n) is 14.7. The number of halogens is 1. The topological polar surface area (TPSA) is 87.7 Å². The highest BCUT2D eigenvalue weighted by molar-refractivity contribution is 6.34. The number of carbonyl (C=O) groups excluding carboxylic acids is 3. The highest BCUT2D eigenvalue weighted by atomic mass is 35.5. The fourth-order valence-corrected chi connectivity index (χ4v) is 5.57. The Kier molecular flexibility index (Phi) is 9.86. The molecule has 0 bridgehead atoms. The van der Waals surface area contributed by atoms with Gasteiger partial charge in [0, 0.05) is 12.5 Å². The summed E-state index contributed by atoms with van der Waals surface area (Å²) in [5.41, 5.74) is 4.03. The molecule has 0 aliphatic heterocycles. The lowest BCUT2D eigenvalue weighted by Crippen LogP contribution is -2.54. The van der Waals surface area contributed by atoms with E-state index in [1.54, 1.807) is 31.7 Å². The van der Waals surface area contributed by atoms with Gasteiger partial charge in [0.15, 0.2) is 0 Å². The Morgan fingerprint density at radius 1 is 0.977 bits per heavy atom. The SMILES string of the molecule is Cc1ccc(C)c(C(C(=O)Nc2c(C)cccc2Cl)N(C(=O)C(Cc2ccccc2)NC(=O)OC(C)(C)C)C2CC2C)c1. The first-order chi connectivity index (χ1) is 20.2. The fraction of sp³-hybridized carbons (Fsp3) is 0.400. The van der Waals surface area contributed by atoms with Gasteiger partial charge in [0.05, 0.1) is 10.7 Å². The van der Waals surface area contributed by atoms with Gasteiger partial charge in [-0.15, -0.1) is 0 Å². The van der Waals surface area contributed by atoms with Gasteiger partial charge >= 0.3 is 6.09 Å². The lowest BCUT2D eigenvalue weighted by atomic mass is 9.95. The molecule has 8 heteroatoms. The number of alkyl carbamates (subject to hydrolysis) is 1. The maximum Gasteiger partial charge on any atom is 0.408 e. The zero-order valence-corrected chi connectivity index (χ0v) is 26.8. The molecule has 0 heterocycles. The quantitative estimate of drug-likeness (QED) is 0.268. The van der Waals surface area contributed by atoms with E-state index in [4.69, 9.17) is 16.3 Å². The van der Waals surface area contributed by atoms with Crippen LogP contribution in [0.1, 0.15) is 68.0 Å². The van der Waals surface area contributed by atoms with E-state index in [-0.39, 0.29) is 30.2 Å². The van der Waals surface area contributed by atoms with E-state index in [9.17, 15) is 14.4 Å². The van der Waals surface area contributed by atoms with E-state index in [1.807, 2.05) is 81.4 Å². The lowest BCUT2D eigenvalue weighted by molar-refractivity contribution is -0.141. The average Bonchev–Trinajstić information content (AvgIpc) is 3.65. The molecule has 1 fully saturated rings. The predicted molar refractivity (Wildman–Crippen MR) is 171 cm³/mol. The largest absolute Gasteiger partial charge is 0.444 e. The van der Waals surface area contributed by atoms with Gasteiger partial charge in [-0.05, 0) is 82.2 Å². The normalized spacial score (nSPS) is 17.4. The van der Waals surface area contributed by atoms with Crippen LogP contribution in [0.5, 0.6) is 0 Å². The molecule has 0 spiro atoms. The van der Waals surface area contributed by atoms with E-state index in [1.165, 1.54) is 0 Å². The molecule has 1 saturated carbocycles. The third kappa shape index (κ3) is 8.17. The van der Waals surface area contributed by atoms with Crippen LogP contribution in [0.3, 0.4) is 0 Å². The predicted octanol–water partition coefficient (Wildman–Crippen LogP) is 7.32. The molecule has 0 aromatic heterocycles. The fourth-order valence-electron chi connectivity index (χ4n) is 5.31. The summed E-state index contributed by atoms with van der Waals surface area (Å²) in [6.45, 7) is 13.2. The third-order valence-electron chi connectivity index (χ3n) is 7.68. The zero-order valence-electron chi connectivity index (χ0n) is 26.0. The number of rotatable bonds is 9. The maximum absolute atomic E-state index is 14.7. The highest BCUT2D eigenvalue weighted by Crippen LogP contribution is 2.42. The zero-order chi connectivity index (χ0) is 31.5. The van der Waals surface area contributed by atoms with Crippen molar-refractivity contribution in [2.45, 2.75) is 85.0 Å². The van der Waals surface area contributed by atoms with Gasteiger partial charge in [0.25, 0.3) is 5.91 Å². The van der Waals surface area contributed by atoms with Crippen LogP contribution < -0.4 is 10.6 Å². The third-order valence-corrected chi connectivity index (χ3v) is 7.99. The summed E-state index contributed by atoms with van der Waals surface area (Å²) in [5.74, 6) is -0.528. The molecule has 3 aromatic rings. The Bertz CT molecular complexity index is 1460. The van der Waals surface area contributed by atoms with Crippen molar-refractivity contribution in [3.8, 4) is 0 Å². The number of aryl methyl sites for hydroxylation is 3. The van der Waals surface area contributed by atoms with Crippen molar-refractivity contribution in [2.75, 3.05) is 5.32 Å². The van der Waals surface area contributed by atoms with Gasteiger partial charge in [-0.3, -0.25) is 9.59 Å². The van der Waals surface area contributed by atoms with Crippen molar-refractivity contribution in [3.05, 3.63) is 99.6 Å². The van der Waals surface area contributed by atoms with Crippen molar-refractivity contribution >= 4 is 35.2 Å². The monoisotopic (exact) mass is 603 g/mol. The molecule has 43 heavy (non-hydrogen) atoms. The van der Waals surface area contributed by atoms with Crippen LogP contribution in [0.25, 0.3) is 0 Å². The van der Waals surface area contributed by atoms with Crippen LogP contribution in [-0.2, 0) is 20.7 Å². The maximum atomic E-state index is 14.7. The molecule has 1 aliphatic rings. The van der Waals surface area contributed by atoms with E-state index in [0.717, 1.165) is 34.2 Å². The number of nitrogens with zero attached hydrogens (tertiary/aromatic N) is 1. The Morgan fingerprint density at radius 3 is 2.26 bits per heavy atom. The van der Waals surface area contributed by atoms with Gasteiger partial charge < -0.3 is 20.3 Å². The van der Waals surface area contributed by atoms with E-state index < -0.39 is 23.8 Å². The Morgan fingerprint density at radius 2 is 1.65 bits per heavy atom. The Hall–Kier alpha value is -3.84. The van der Waals surface area contributed by atoms with Crippen molar-refractivity contribution in [1.82, 2.24) is 10.2 Å². The molecule has 228 valence electrons. The average molecular weight is 604 g/mol. The molecule has 4 atom stereocenters. The second-order valence-corrected chi connectivity index (χ2v) is 13.0. The number of amides is 3. The second kappa shape index (κ2) is 13.2. The summed E-state index contributed by atoms with van der Waals surface area (Å²) in [7, 11) is 0.